The van der Waals surface area contributed by atoms with Gasteiger partial charge in [-0.25, -0.2) is 4.79 Å². The highest BCUT2D eigenvalue weighted by molar-refractivity contribution is 7.85. The predicted molar refractivity (Wildman–Crippen MR) is 144 cm³/mol. The summed E-state index contributed by atoms with van der Waals surface area (Å²) >= 11 is 0. The second-order valence-electron chi connectivity index (χ2n) is 8.84. The second kappa shape index (κ2) is 13.9. The third-order valence-corrected chi connectivity index (χ3v) is 5.67. The Hall–Kier alpha value is -3.44. The lowest BCUT2D eigenvalue weighted by Crippen LogP contribution is -2.39. The van der Waals surface area contributed by atoms with E-state index in [1.807, 2.05) is 54.6 Å². The zero-order valence-electron chi connectivity index (χ0n) is 21.4. The number of ether oxygens (including phenoxy) is 3. The lowest BCUT2D eigenvalue weighted by Gasteiger charge is -2.27. The molecule has 0 saturated carbocycles. The minimum absolute atomic E-state index is 0.0601. The van der Waals surface area contributed by atoms with Crippen molar-refractivity contribution in [2.24, 2.45) is 0 Å². The fourth-order valence-corrected chi connectivity index (χ4v) is 3.86. The third-order valence-electron chi connectivity index (χ3n) is 5.67. The molecule has 10 heteroatoms. The Morgan fingerprint density at radius 2 is 1.74 bits per heavy atom. The summed E-state index contributed by atoms with van der Waals surface area (Å²) in [6.45, 7) is 1.35. The zero-order chi connectivity index (χ0) is 27.5. The van der Waals surface area contributed by atoms with Crippen LogP contribution in [0.15, 0.2) is 72.8 Å². The van der Waals surface area contributed by atoms with Crippen molar-refractivity contribution in [1.82, 2.24) is 5.32 Å². The van der Waals surface area contributed by atoms with Crippen molar-refractivity contribution in [3.8, 4) is 22.6 Å². The fraction of sp³-hybridized carbons (Fsp3) is 0.321. The number of aliphatic hydroxyl groups excluding tert-OH is 1. The Balaban J connectivity index is 0.000000732. The first kappa shape index (κ1) is 29.1. The van der Waals surface area contributed by atoms with Gasteiger partial charge < -0.3 is 24.6 Å². The molecule has 0 unspecified atom stereocenters. The summed E-state index contributed by atoms with van der Waals surface area (Å²) in [4.78, 5) is 11.6. The molecular formula is C28H33NO8S. The van der Waals surface area contributed by atoms with Crippen molar-refractivity contribution in [1.29, 1.82) is 0 Å². The number of hydrogen-bond acceptors (Lipinski definition) is 8. The van der Waals surface area contributed by atoms with E-state index in [1.165, 1.54) is 12.7 Å². The summed E-state index contributed by atoms with van der Waals surface area (Å²) in [7, 11) is -2.29. The number of methoxy groups -OCH3 is 1. The maximum atomic E-state index is 11.6. The lowest BCUT2D eigenvalue weighted by atomic mass is 9.96. The van der Waals surface area contributed by atoms with Gasteiger partial charge in [0.1, 0.15) is 30.3 Å². The molecule has 3 aromatic rings. The molecule has 2 atom stereocenters. The standard InChI is InChI=1S/C27H29NO5.CH4O3S/c1-31-27(30)20-9-7-19(8-10-20)21-12-14-26-22(15-21)11-13-25(33-26)17-28-16-23(29)18-32-24-5-3-2-4-6-24;1-5(2,3)4/h2-10,12,14-15,23,25,28-29H,11,13,16-18H2,1H3;1H3,(H,2,3,4)/t23-,25+;/m0./s1. The van der Waals surface area contributed by atoms with E-state index in [0.717, 1.165) is 35.5 Å². The highest BCUT2D eigenvalue weighted by Crippen LogP contribution is 2.32. The Kier molecular flexibility index (Phi) is 10.7. The molecule has 0 aliphatic carbocycles. The number of fused-ring (bicyclic) bond motifs is 1. The van der Waals surface area contributed by atoms with Gasteiger partial charge >= 0.3 is 5.97 Å². The Bertz CT molecular complexity index is 1270. The van der Waals surface area contributed by atoms with E-state index < -0.39 is 16.2 Å². The minimum Gasteiger partial charge on any atom is -0.491 e. The van der Waals surface area contributed by atoms with E-state index in [0.29, 0.717) is 24.9 Å². The summed E-state index contributed by atoms with van der Waals surface area (Å²) in [5.41, 5.74) is 3.85. The molecule has 0 amide bonds. The van der Waals surface area contributed by atoms with Gasteiger partial charge in [0.25, 0.3) is 10.1 Å². The van der Waals surface area contributed by atoms with Crippen LogP contribution in [0.2, 0.25) is 0 Å². The van der Waals surface area contributed by atoms with Crippen LogP contribution in [0, 0.1) is 0 Å². The van der Waals surface area contributed by atoms with Crippen LogP contribution in [0.3, 0.4) is 0 Å². The highest BCUT2D eigenvalue weighted by atomic mass is 32.2. The van der Waals surface area contributed by atoms with Crippen LogP contribution in [0.4, 0.5) is 0 Å². The van der Waals surface area contributed by atoms with Crippen molar-refractivity contribution in [3.05, 3.63) is 83.9 Å². The molecule has 9 nitrogen and oxygen atoms in total. The summed E-state index contributed by atoms with van der Waals surface area (Å²) in [6, 6.07) is 23.1. The molecule has 0 spiro atoms. The van der Waals surface area contributed by atoms with Gasteiger partial charge in [-0.05, 0) is 65.9 Å². The molecular weight excluding hydrogens is 510 g/mol. The number of para-hydroxylation sites is 1. The third kappa shape index (κ3) is 9.79. The molecule has 1 heterocycles. The Morgan fingerprint density at radius 3 is 2.39 bits per heavy atom. The first-order valence-corrected chi connectivity index (χ1v) is 13.9. The number of carbonyl (C=O) groups is 1. The number of aryl methyl sites for hydroxylation is 1. The van der Waals surface area contributed by atoms with Crippen LogP contribution in [0.25, 0.3) is 11.1 Å². The van der Waals surface area contributed by atoms with Gasteiger partial charge in [-0.3, -0.25) is 4.55 Å². The zero-order valence-corrected chi connectivity index (χ0v) is 22.2. The van der Waals surface area contributed by atoms with Gasteiger partial charge in [-0.2, -0.15) is 8.42 Å². The van der Waals surface area contributed by atoms with Crippen LogP contribution >= 0.6 is 0 Å². The SMILES string of the molecule is COC(=O)c1ccc(-c2ccc3c(c2)CC[C@H](CNC[C@H](O)COc2ccccc2)O3)cc1.CS(=O)(=O)O. The molecule has 3 N–H and O–H groups in total. The van der Waals surface area contributed by atoms with E-state index in [2.05, 4.69) is 11.4 Å². The summed E-state index contributed by atoms with van der Waals surface area (Å²) < 4.78 is 42.4. The molecule has 3 aromatic carbocycles. The van der Waals surface area contributed by atoms with E-state index in [4.69, 9.17) is 18.8 Å². The van der Waals surface area contributed by atoms with Crippen molar-refractivity contribution in [3.63, 3.8) is 0 Å². The Morgan fingerprint density at radius 1 is 1.08 bits per heavy atom. The molecule has 4 rings (SSSR count). The first-order chi connectivity index (χ1) is 18.1. The summed E-state index contributed by atoms with van der Waals surface area (Å²) in [5.74, 6) is 1.31. The number of aliphatic hydroxyl groups is 1. The fourth-order valence-electron chi connectivity index (χ4n) is 3.86. The monoisotopic (exact) mass is 543 g/mol. The van der Waals surface area contributed by atoms with Crippen molar-refractivity contribution < 1.29 is 37.1 Å². The van der Waals surface area contributed by atoms with Crippen LogP contribution in [-0.2, 0) is 21.3 Å². The van der Waals surface area contributed by atoms with Crippen LogP contribution < -0.4 is 14.8 Å². The number of rotatable bonds is 9. The van der Waals surface area contributed by atoms with E-state index in [-0.39, 0.29) is 18.7 Å². The van der Waals surface area contributed by atoms with Crippen LogP contribution in [-0.4, -0.2) is 69.3 Å². The van der Waals surface area contributed by atoms with Gasteiger partial charge in [0.2, 0.25) is 0 Å². The highest BCUT2D eigenvalue weighted by Gasteiger charge is 2.20. The van der Waals surface area contributed by atoms with E-state index in [9.17, 15) is 18.3 Å². The maximum Gasteiger partial charge on any atom is 0.337 e. The average Bonchev–Trinajstić information content (AvgIpc) is 2.91. The molecule has 1 aliphatic rings. The van der Waals surface area contributed by atoms with Crippen LogP contribution in [0.1, 0.15) is 22.3 Å². The molecule has 0 saturated heterocycles. The predicted octanol–water partition coefficient (Wildman–Crippen LogP) is 3.37. The molecule has 0 bridgehead atoms. The quantitative estimate of drug-likeness (QED) is 0.275. The van der Waals surface area contributed by atoms with E-state index >= 15 is 0 Å². The number of nitrogens with one attached hydrogen (secondary N) is 1. The second-order valence-corrected chi connectivity index (χ2v) is 10.3. The summed E-state index contributed by atoms with van der Waals surface area (Å²) in [6.07, 6.45) is 2.02. The molecule has 1 aliphatic heterocycles. The van der Waals surface area contributed by atoms with Gasteiger partial charge in [-0.1, -0.05) is 36.4 Å². The van der Waals surface area contributed by atoms with Gasteiger partial charge in [0.05, 0.1) is 18.9 Å². The van der Waals surface area contributed by atoms with Gasteiger partial charge in [0, 0.05) is 13.1 Å². The van der Waals surface area contributed by atoms with Crippen LogP contribution in [0.5, 0.6) is 11.5 Å². The molecule has 204 valence electrons. The van der Waals surface area contributed by atoms with Crippen molar-refractivity contribution >= 4 is 16.1 Å². The van der Waals surface area contributed by atoms with Crippen molar-refractivity contribution in [2.45, 2.75) is 25.0 Å². The van der Waals surface area contributed by atoms with Gasteiger partial charge in [-0.15, -0.1) is 0 Å². The summed E-state index contributed by atoms with van der Waals surface area (Å²) in [5, 5.41) is 13.4. The van der Waals surface area contributed by atoms with Gasteiger partial charge in [0.15, 0.2) is 0 Å². The number of carbonyl (C=O) groups excluding carboxylic acids is 1. The number of esters is 1. The van der Waals surface area contributed by atoms with E-state index in [1.54, 1.807) is 12.1 Å². The molecule has 0 aromatic heterocycles. The average molecular weight is 544 g/mol. The lowest BCUT2D eigenvalue weighted by molar-refractivity contribution is 0.0600. The smallest absolute Gasteiger partial charge is 0.337 e. The molecule has 38 heavy (non-hydrogen) atoms. The minimum atomic E-state index is -3.67. The normalized spacial score (nSPS) is 15.2. The Labute approximate surface area is 223 Å². The molecule has 0 fully saturated rings. The first-order valence-electron chi connectivity index (χ1n) is 12.1. The number of benzene rings is 3. The largest absolute Gasteiger partial charge is 0.491 e. The van der Waals surface area contributed by atoms with Crippen molar-refractivity contribution in [2.75, 3.05) is 33.1 Å². The number of hydrogen-bond donors (Lipinski definition) is 3. The topological polar surface area (TPSA) is 131 Å². The maximum absolute atomic E-state index is 11.6. The molecule has 0 radical (unpaired) electrons.